The van der Waals surface area contributed by atoms with Crippen LogP contribution in [0.2, 0.25) is 0 Å². The molecule has 2 aliphatic rings. The number of rotatable bonds is 7. The molecular weight excluding hydrogens is 480 g/mol. The van der Waals surface area contributed by atoms with Gasteiger partial charge in [-0.15, -0.1) is 0 Å². The summed E-state index contributed by atoms with van der Waals surface area (Å²) in [5.74, 6) is 0.525. The van der Waals surface area contributed by atoms with E-state index < -0.39 is 11.1 Å². The van der Waals surface area contributed by atoms with E-state index in [-0.39, 0.29) is 29.5 Å². The molecule has 0 aromatic heterocycles. The maximum atomic E-state index is 14.0. The molecule has 1 atom stereocenters. The summed E-state index contributed by atoms with van der Waals surface area (Å²) in [6, 6.07) is 17.6. The number of carbonyl (C=O) groups is 2. The topological polar surface area (TPSA) is 77.1 Å². The van der Waals surface area contributed by atoms with Gasteiger partial charge in [-0.25, -0.2) is 9.59 Å². The summed E-state index contributed by atoms with van der Waals surface area (Å²) in [6.07, 6.45) is 3.06. The Morgan fingerprint density at radius 1 is 0.974 bits per heavy atom. The van der Waals surface area contributed by atoms with Crippen LogP contribution in [0.25, 0.3) is 0 Å². The van der Waals surface area contributed by atoms with Crippen LogP contribution in [0.4, 0.5) is 10.5 Å². The zero-order valence-corrected chi connectivity index (χ0v) is 23.6. The van der Waals surface area contributed by atoms with Crippen molar-refractivity contribution in [3.05, 3.63) is 60.2 Å². The zero-order valence-electron chi connectivity index (χ0n) is 23.6. The molecule has 1 heterocycles. The van der Waals surface area contributed by atoms with Crippen molar-refractivity contribution < 1.29 is 23.8 Å². The van der Waals surface area contributed by atoms with Crippen LogP contribution in [-0.4, -0.2) is 48.9 Å². The van der Waals surface area contributed by atoms with Gasteiger partial charge in [0.05, 0.1) is 13.2 Å². The number of carbonyl (C=O) groups excluding carboxylic acids is 2. The Labute approximate surface area is 226 Å². The highest BCUT2D eigenvalue weighted by Crippen LogP contribution is 2.59. The van der Waals surface area contributed by atoms with E-state index in [2.05, 4.69) is 5.32 Å². The SMILES string of the molecule is COc1ccc(N[C@](C(=O)OC(C)C)(c2ccccc2)C2CC3(CCN(C(=O)OC(C)(C)C)CC3)C2)cc1. The Balaban J connectivity index is 1.59. The third kappa shape index (κ3) is 5.92. The van der Waals surface area contributed by atoms with E-state index in [9.17, 15) is 9.59 Å². The summed E-state index contributed by atoms with van der Waals surface area (Å²) in [6.45, 7) is 10.8. The van der Waals surface area contributed by atoms with Gasteiger partial charge >= 0.3 is 12.1 Å². The van der Waals surface area contributed by atoms with E-state index >= 15 is 0 Å². The summed E-state index contributed by atoms with van der Waals surface area (Å²) < 4.78 is 16.8. The van der Waals surface area contributed by atoms with Crippen molar-refractivity contribution in [2.45, 2.75) is 77.5 Å². The van der Waals surface area contributed by atoms with Gasteiger partial charge in [0.15, 0.2) is 5.54 Å². The van der Waals surface area contributed by atoms with Crippen molar-refractivity contribution >= 4 is 17.7 Å². The fourth-order valence-electron chi connectivity index (χ4n) is 5.85. The Morgan fingerprint density at radius 2 is 1.58 bits per heavy atom. The van der Waals surface area contributed by atoms with Crippen molar-refractivity contribution in [3.8, 4) is 5.75 Å². The number of nitrogens with one attached hydrogen (secondary N) is 1. The molecule has 7 nitrogen and oxygen atoms in total. The Morgan fingerprint density at radius 3 is 2.11 bits per heavy atom. The lowest BCUT2D eigenvalue weighted by Gasteiger charge is -2.57. The van der Waals surface area contributed by atoms with E-state index in [1.54, 1.807) is 7.11 Å². The van der Waals surface area contributed by atoms with Crippen molar-refractivity contribution in [1.82, 2.24) is 4.90 Å². The van der Waals surface area contributed by atoms with Gasteiger partial charge in [-0.1, -0.05) is 30.3 Å². The monoisotopic (exact) mass is 522 g/mol. The number of nitrogens with zero attached hydrogens (tertiary/aromatic N) is 1. The molecule has 1 aliphatic carbocycles. The van der Waals surface area contributed by atoms with Crippen LogP contribution in [0.3, 0.4) is 0 Å². The number of piperidine rings is 1. The van der Waals surface area contributed by atoms with Gasteiger partial charge in [-0.2, -0.15) is 0 Å². The number of benzene rings is 2. The van der Waals surface area contributed by atoms with E-state index in [1.165, 1.54) is 0 Å². The van der Waals surface area contributed by atoms with Crippen LogP contribution >= 0.6 is 0 Å². The molecule has 1 amide bonds. The predicted octanol–water partition coefficient (Wildman–Crippen LogP) is 6.38. The largest absolute Gasteiger partial charge is 0.497 e. The molecule has 1 saturated carbocycles. The number of hydrogen-bond donors (Lipinski definition) is 1. The second kappa shape index (κ2) is 10.9. The first-order valence-corrected chi connectivity index (χ1v) is 13.6. The van der Waals surface area contributed by atoms with Gasteiger partial charge in [0.1, 0.15) is 11.4 Å². The minimum Gasteiger partial charge on any atom is -0.497 e. The lowest BCUT2D eigenvalue weighted by atomic mass is 9.51. The average molecular weight is 523 g/mol. The smallest absolute Gasteiger partial charge is 0.410 e. The molecule has 206 valence electrons. The van der Waals surface area contributed by atoms with Gasteiger partial charge in [0, 0.05) is 18.8 Å². The summed E-state index contributed by atoms with van der Waals surface area (Å²) in [5, 5.41) is 3.63. The standard InChI is InChI=1S/C31H42N2O5/c1-22(2)37-27(34)31(23-10-8-7-9-11-23,32-25-12-14-26(36-6)15-13-25)24-20-30(21-24)16-18-33(19-17-30)28(35)38-29(3,4)5/h7-15,22,24,32H,16-21H2,1-6H3/t31-/m1/s1. The van der Waals surface area contributed by atoms with E-state index in [0.29, 0.717) is 13.1 Å². The first-order chi connectivity index (χ1) is 18.0. The van der Waals surface area contributed by atoms with Crippen LogP contribution in [0.5, 0.6) is 5.75 Å². The summed E-state index contributed by atoms with van der Waals surface area (Å²) in [7, 11) is 1.64. The number of amides is 1. The Bertz CT molecular complexity index is 1090. The lowest BCUT2D eigenvalue weighted by Crippen LogP contribution is -2.60. The second-order valence-electron chi connectivity index (χ2n) is 12.1. The van der Waals surface area contributed by atoms with E-state index in [1.807, 2.05) is 94.1 Å². The van der Waals surface area contributed by atoms with Crippen LogP contribution < -0.4 is 10.1 Å². The highest BCUT2D eigenvalue weighted by Gasteiger charge is 2.59. The van der Waals surface area contributed by atoms with E-state index in [4.69, 9.17) is 14.2 Å². The van der Waals surface area contributed by atoms with Crippen LogP contribution in [0, 0.1) is 11.3 Å². The molecule has 1 aliphatic heterocycles. The average Bonchev–Trinajstić information content (AvgIpc) is 2.85. The molecule has 1 N–H and O–H groups in total. The van der Waals surface area contributed by atoms with Crippen molar-refractivity contribution in [2.24, 2.45) is 11.3 Å². The molecule has 1 saturated heterocycles. The first kappa shape index (κ1) is 27.8. The zero-order chi connectivity index (χ0) is 27.6. The predicted molar refractivity (Wildman–Crippen MR) is 148 cm³/mol. The molecule has 1 spiro atoms. The molecule has 2 aromatic rings. The molecule has 2 aromatic carbocycles. The molecule has 0 bridgehead atoms. The highest BCUT2D eigenvalue weighted by molar-refractivity contribution is 5.87. The second-order valence-corrected chi connectivity index (χ2v) is 12.1. The van der Waals surface area contributed by atoms with Crippen molar-refractivity contribution in [1.29, 1.82) is 0 Å². The van der Waals surface area contributed by atoms with Gasteiger partial charge in [-0.3, -0.25) is 0 Å². The fourth-order valence-corrected chi connectivity index (χ4v) is 5.85. The maximum Gasteiger partial charge on any atom is 0.410 e. The number of esters is 1. The van der Waals surface area contributed by atoms with Crippen molar-refractivity contribution in [3.63, 3.8) is 0 Å². The quantitative estimate of drug-likeness (QED) is 0.425. The molecule has 7 heteroatoms. The lowest BCUT2D eigenvalue weighted by molar-refractivity contribution is -0.161. The normalized spacial score (nSPS) is 18.9. The minimum atomic E-state index is -1.03. The van der Waals surface area contributed by atoms with Gasteiger partial charge in [0.25, 0.3) is 0 Å². The van der Waals surface area contributed by atoms with Gasteiger partial charge in [0.2, 0.25) is 0 Å². The fraction of sp³-hybridized carbons (Fsp3) is 0.548. The van der Waals surface area contributed by atoms with Crippen LogP contribution in [0.15, 0.2) is 54.6 Å². The minimum absolute atomic E-state index is 0.0336. The number of likely N-dealkylation sites (tertiary alicyclic amines) is 1. The number of methoxy groups -OCH3 is 1. The summed E-state index contributed by atoms with van der Waals surface area (Å²) >= 11 is 0. The number of ether oxygens (including phenoxy) is 3. The molecule has 0 radical (unpaired) electrons. The summed E-state index contributed by atoms with van der Waals surface area (Å²) in [5.41, 5.74) is 0.285. The molecule has 2 fully saturated rings. The Hall–Kier alpha value is -3.22. The van der Waals surface area contributed by atoms with Crippen molar-refractivity contribution in [2.75, 3.05) is 25.5 Å². The molecule has 0 unspecified atom stereocenters. The highest BCUT2D eigenvalue weighted by atomic mass is 16.6. The van der Waals surface area contributed by atoms with Gasteiger partial charge in [-0.05, 0) is 101 Å². The third-order valence-electron chi connectivity index (χ3n) is 7.77. The third-order valence-corrected chi connectivity index (χ3v) is 7.77. The Kier molecular flexibility index (Phi) is 7.96. The summed E-state index contributed by atoms with van der Waals surface area (Å²) in [4.78, 5) is 28.4. The molecule has 38 heavy (non-hydrogen) atoms. The molecule has 4 rings (SSSR count). The maximum absolute atomic E-state index is 14.0. The number of hydrogen-bond acceptors (Lipinski definition) is 6. The van der Waals surface area contributed by atoms with Gasteiger partial charge < -0.3 is 24.4 Å². The van der Waals surface area contributed by atoms with Crippen LogP contribution in [-0.2, 0) is 19.8 Å². The molecular formula is C31H42N2O5. The first-order valence-electron chi connectivity index (χ1n) is 13.6. The van der Waals surface area contributed by atoms with Crippen LogP contribution in [0.1, 0.15) is 65.9 Å². The number of anilines is 1. The van der Waals surface area contributed by atoms with E-state index in [0.717, 1.165) is 42.7 Å².